The van der Waals surface area contributed by atoms with E-state index >= 15 is 0 Å². The minimum atomic E-state index is -3.25. The molecule has 5 nitrogen and oxygen atoms in total. The van der Waals surface area contributed by atoms with E-state index < -0.39 is 19.4 Å². The van der Waals surface area contributed by atoms with Crippen molar-refractivity contribution in [3.05, 3.63) is 12.7 Å². The van der Waals surface area contributed by atoms with Gasteiger partial charge in [-0.25, -0.2) is 0 Å². The van der Waals surface area contributed by atoms with Crippen molar-refractivity contribution in [2.75, 3.05) is 12.3 Å². The van der Waals surface area contributed by atoms with Gasteiger partial charge in [-0.3, -0.25) is 9.36 Å². The molecule has 0 bridgehead atoms. The normalized spacial score (nSPS) is 17.4. The molecule has 2 atom stereocenters. The number of carboxylic acid groups (broad SMARTS) is 1. The molecule has 76 valence electrons. The van der Waals surface area contributed by atoms with Crippen LogP contribution in [0, 0.1) is 0 Å². The van der Waals surface area contributed by atoms with E-state index in [1.54, 1.807) is 0 Å². The molecule has 0 amide bonds. The summed E-state index contributed by atoms with van der Waals surface area (Å²) in [7, 11) is -3.25. The highest BCUT2D eigenvalue weighted by Crippen LogP contribution is 2.40. The van der Waals surface area contributed by atoms with Crippen molar-refractivity contribution >= 4 is 13.3 Å². The number of aliphatic carboxylic acids is 1. The quantitative estimate of drug-likeness (QED) is 0.428. The molecule has 0 saturated heterocycles. The Morgan fingerprint density at radius 2 is 2.23 bits per heavy atom. The van der Waals surface area contributed by atoms with Crippen LogP contribution >= 0.6 is 7.37 Å². The van der Waals surface area contributed by atoms with Gasteiger partial charge in [0, 0.05) is 12.3 Å². The second-order valence-corrected chi connectivity index (χ2v) is 5.28. The summed E-state index contributed by atoms with van der Waals surface area (Å²) in [5.41, 5.74) is 5.16. The first-order valence-electron chi connectivity index (χ1n) is 3.79. The number of carbonyl (C=O) groups is 1. The molecular weight excluding hydrogens is 193 g/mol. The summed E-state index contributed by atoms with van der Waals surface area (Å²) in [6.45, 7) is 3.33. The van der Waals surface area contributed by atoms with Crippen LogP contribution in [0.4, 0.5) is 0 Å². The molecule has 0 spiro atoms. The zero-order valence-electron chi connectivity index (χ0n) is 7.22. The van der Waals surface area contributed by atoms with E-state index in [9.17, 15) is 14.3 Å². The molecule has 0 aliphatic carbocycles. The lowest BCUT2D eigenvalue weighted by molar-refractivity contribution is -0.138. The smallest absolute Gasteiger partial charge is 0.320 e. The first-order chi connectivity index (χ1) is 5.89. The molecule has 0 aliphatic heterocycles. The van der Waals surface area contributed by atoms with E-state index in [-0.39, 0.29) is 18.7 Å². The fourth-order valence-corrected chi connectivity index (χ4v) is 2.02. The van der Waals surface area contributed by atoms with E-state index in [1.807, 2.05) is 0 Å². The van der Waals surface area contributed by atoms with E-state index in [0.29, 0.717) is 0 Å². The summed E-state index contributed by atoms with van der Waals surface area (Å²) in [6, 6.07) is -1.06. The minimum absolute atomic E-state index is 0.000656. The fourth-order valence-electron chi connectivity index (χ4n) is 0.757. The summed E-state index contributed by atoms with van der Waals surface area (Å²) >= 11 is 0. The molecule has 4 N–H and O–H groups in total. The van der Waals surface area contributed by atoms with Gasteiger partial charge in [0.05, 0.1) is 0 Å². The maximum Gasteiger partial charge on any atom is 0.320 e. The molecule has 0 heterocycles. The Balaban J connectivity index is 3.94. The second kappa shape index (κ2) is 5.17. The van der Waals surface area contributed by atoms with Gasteiger partial charge >= 0.3 is 5.97 Å². The van der Waals surface area contributed by atoms with Crippen molar-refractivity contribution in [1.29, 1.82) is 0 Å². The van der Waals surface area contributed by atoms with Gasteiger partial charge in [0.2, 0.25) is 7.37 Å². The molecular formula is C7H14NO4P. The Bertz CT molecular complexity index is 241. The number of nitrogens with two attached hydrogens (primary N) is 1. The monoisotopic (exact) mass is 207 g/mol. The van der Waals surface area contributed by atoms with Crippen LogP contribution in [0.25, 0.3) is 0 Å². The van der Waals surface area contributed by atoms with Gasteiger partial charge in [-0.15, -0.1) is 6.58 Å². The molecule has 0 rings (SSSR count). The van der Waals surface area contributed by atoms with Crippen molar-refractivity contribution in [3.8, 4) is 0 Å². The van der Waals surface area contributed by atoms with Crippen LogP contribution in [0.5, 0.6) is 0 Å². The average Bonchev–Trinajstić information content (AvgIpc) is 2.00. The van der Waals surface area contributed by atoms with Crippen LogP contribution in [-0.2, 0) is 9.36 Å². The Morgan fingerprint density at radius 3 is 2.62 bits per heavy atom. The van der Waals surface area contributed by atoms with E-state index in [2.05, 4.69) is 6.58 Å². The molecule has 0 aliphatic rings. The van der Waals surface area contributed by atoms with Gasteiger partial charge in [0.1, 0.15) is 6.04 Å². The number of carboxylic acids is 1. The van der Waals surface area contributed by atoms with E-state index in [4.69, 9.17) is 10.8 Å². The standard InChI is InChI=1S/C7H14NO4P/c1-2-4-13(11,12)5-3-6(8)7(9)10/h2,6H,1,3-5,8H2,(H,9,10)(H,11,12). The summed E-state index contributed by atoms with van der Waals surface area (Å²) in [5, 5.41) is 8.39. The van der Waals surface area contributed by atoms with Crippen molar-refractivity contribution in [2.45, 2.75) is 12.5 Å². The third kappa shape index (κ3) is 5.58. The molecule has 0 radical (unpaired) electrons. The van der Waals surface area contributed by atoms with Crippen LogP contribution < -0.4 is 5.73 Å². The van der Waals surface area contributed by atoms with Crippen LogP contribution in [0.2, 0.25) is 0 Å². The summed E-state index contributed by atoms with van der Waals surface area (Å²) < 4.78 is 11.2. The number of allylic oxidation sites excluding steroid dienone is 1. The zero-order valence-corrected chi connectivity index (χ0v) is 8.11. The molecule has 0 fully saturated rings. The largest absolute Gasteiger partial charge is 0.480 e. The average molecular weight is 207 g/mol. The van der Waals surface area contributed by atoms with E-state index in [0.717, 1.165) is 0 Å². The Hall–Kier alpha value is -0.640. The Morgan fingerprint density at radius 1 is 1.69 bits per heavy atom. The number of hydrogen-bond donors (Lipinski definition) is 3. The summed E-state index contributed by atoms with van der Waals surface area (Å²) in [6.07, 6.45) is 1.27. The molecule has 0 aromatic rings. The van der Waals surface area contributed by atoms with Gasteiger partial charge in [-0.05, 0) is 6.42 Å². The number of rotatable bonds is 6. The Kier molecular flexibility index (Phi) is 4.91. The topological polar surface area (TPSA) is 101 Å². The van der Waals surface area contributed by atoms with Crippen LogP contribution in [0.3, 0.4) is 0 Å². The lowest BCUT2D eigenvalue weighted by atomic mass is 10.2. The SMILES string of the molecule is C=CCP(=O)(O)CCC(N)C(=O)O. The summed E-state index contributed by atoms with van der Waals surface area (Å²) in [5.74, 6) is -1.15. The molecule has 13 heavy (non-hydrogen) atoms. The summed E-state index contributed by atoms with van der Waals surface area (Å²) in [4.78, 5) is 19.4. The van der Waals surface area contributed by atoms with Gasteiger partial charge in [-0.2, -0.15) is 0 Å². The van der Waals surface area contributed by atoms with Crippen LogP contribution in [0.1, 0.15) is 6.42 Å². The highest BCUT2D eigenvalue weighted by Gasteiger charge is 2.20. The van der Waals surface area contributed by atoms with Gasteiger partial charge in [0.15, 0.2) is 0 Å². The highest BCUT2D eigenvalue weighted by molar-refractivity contribution is 7.58. The zero-order chi connectivity index (χ0) is 10.5. The lowest BCUT2D eigenvalue weighted by Crippen LogP contribution is -2.30. The van der Waals surface area contributed by atoms with Crippen LogP contribution in [-0.4, -0.2) is 34.3 Å². The highest BCUT2D eigenvalue weighted by atomic mass is 31.2. The second-order valence-electron chi connectivity index (χ2n) is 2.77. The first kappa shape index (κ1) is 12.4. The first-order valence-corrected chi connectivity index (χ1v) is 5.82. The van der Waals surface area contributed by atoms with Crippen molar-refractivity contribution in [3.63, 3.8) is 0 Å². The molecule has 6 heteroatoms. The Labute approximate surface area is 76.7 Å². The van der Waals surface area contributed by atoms with E-state index in [1.165, 1.54) is 6.08 Å². The van der Waals surface area contributed by atoms with Gasteiger partial charge in [-0.1, -0.05) is 6.08 Å². The number of hydrogen-bond acceptors (Lipinski definition) is 3. The predicted molar refractivity (Wildman–Crippen MR) is 50.0 cm³/mol. The molecule has 0 saturated carbocycles. The van der Waals surface area contributed by atoms with Crippen molar-refractivity contribution < 1.29 is 19.4 Å². The van der Waals surface area contributed by atoms with Gasteiger partial charge < -0.3 is 15.7 Å². The van der Waals surface area contributed by atoms with Crippen LogP contribution in [0.15, 0.2) is 12.7 Å². The van der Waals surface area contributed by atoms with Gasteiger partial charge in [0.25, 0.3) is 0 Å². The van der Waals surface area contributed by atoms with Crippen molar-refractivity contribution in [2.24, 2.45) is 5.73 Å². The molecule has 0 aromatic heterocycles. The predicted octanol–water partition coefficient (Wildman–Crippen LogP) is 0.245. The fraction of sp³-hybridized carbons (Fsp3) is 0.571. The minimum Gasteiger partial charge on any atom is -0.480 e. The van der Waals surface area contributed by atoms with Crippen molar-refractivity contribution in [1.82, 2.24) is 0 Å². The maximum absolute atomic E-state index is 11.2. The molecule has 2 unspecified atom stereocenters. The lowest BCUT2D eigenvalue weighted by Gasteiger charge is -2.10. The third-order valence-electron chi connectivity index (χ3n) is 1.52. The third-order valence-corrected chi connectivity index (χ3v) is 3.31. The molecule has 0 aromatic carbocycles. The maximum atomic E-state index is 11.2.